The van der Waals surface area contributed by atoms with Crippen LogP contribution in [0.3, 0.4) is 0 Å². The van der Waals surface area contributed by atoms with Crippen LogP contribution in [0.1, 0.15) is 12.5 Å². The Hall–Kier alpha value is -1.69. The van der Waals surface area contributed by atoms with Gasteiger partial charge in [-0.1, -0.05) is 12.2 Å². The van der Waals surface area contributed by atoms with Gasteiger partial charge in [-0.05, 0) is 25.1 Å². The van der Waals surface area contributed by atoms with Gasteiger partial charge in [0.25, 0.3) is 0 Å². The number of benzene rings is 1. The molecule has 0 bridgehead atoms. The number of carbonyl (C=O) groups excluding carboxylic acids is 1. The van der Waals surface area contributed by atoms with Crippen molar-refractivity contribution in [3.63, 3.8) is 0 Å². The second kappa shape index (κ2) is 6.15. The van der Waals surface area contributed by atoms with Gasteiger partial charge in [-0.3, -0.25) is 4.79 Å². The number of carbonyl (C=O) groups is 1. The lowest BCUT2D eigenvalue weighted by atomic mass is 10.2. The van der Waals surface area contributed by atoms with Crippen LogP contribution in [-0.4, -0.2) is 24.1 Å². The van der Waals surface area contributed by atoms with Gasteiger partial charge in [-0.25, -0.2) is 4.39 Å². The summed E-state index contributed by atoms with van der Waals surface area (Å²) in [7, 11) is 0. The molecule has 1 aromatic rings. The van der Waals surface area contributed by atoms with Crippen molar-refractivity contribution >= 4 is 28.9 Å². The Kier molecular flexibility index (Phi) is 4.84. The minimum Gasteiger partial charge on any atom is -0.465 e. The van der Waals surface area contributed by atoms with E-state index in [1.807, 2.05) is 0 Å². The van der Waals surface area contributed by atoms with Crippen molar-refractivity contribution in [2.75, 3.05) is 18.5 Å². The molecule has 0 radical (unpaired) electrons. The Labute approximate surface area is 104 Å². The SMILES string of the molecule is CCOC(=O)CNc1ccc(C(N)=S)cc1F. The van der Waals surface area contributed by atoms with Crippen LogP contribution in [0.15, 0.2) is 18.2 Å². The smallest absolute Gasteiger partial charge is 0.325 e. The summed E-state index contributed by atoms with van der Waals surface area (Å²) in [5.41, 5.74) is 6.01. The van der Waals surface area contributed by atoms with E-state index in [1.54, 1.807) is 13.0 Å². The normalized spacial score (nSPS) is 9.76. The van der Waals surface area contributed by atoms with Crippen LogP contribution in [-0.2, 0) is 9.53 Å². The van der Waals surface area contributed by atoms with E-state index in [0.717, 1.165) is 0 Å². The highest BCUT2D eigenvalue weighted by Gasteiger charge is 2.07. The van der Waals surface area contributed by atoms with E-state index in [-0.39, 0.29) is 17.2 Å². The Bertz CT molecular complexity index is 437. The molecule has 17 heavy (non-hydrogen) atoms. The number of anilines is 1. The Morgan fingerprint density at radius 1 is 1.59 bits per heavy atom. The molecule has 0 aromatic heterocycles. The van der Waals surface area contributed by atoms with Crippen LogP contribution in [0.5, 0.6) is 0 Å². The average Bonchev–Trinajstić information content (AvgIpc) is 2.27. The van der Waals surface area contributed by atoms with Gasteiger partial charge in [0, 0.05) is 5.56 Å². The summed E-state index contributed by atoms with van der Waals surface area (Å²) in [4.78, 5) is 11.2. The van der Waals surface area contributed by atoms with Crippen molar-refractivity contribution in [2.45, 2.75) is 6.92 Å². The zero-order chi connectivity index (χ0) is 12.8. The number of hydrogen-bond donors (Lipinski definition) is 2. The van der Waals surface area contributed by atoms with E-state index in [4.69, 9.17) is 22.7 Å². The highest BCUT2D eigenvalue weighted by molar-refractivity contribution is 7.80. The van der Waals surface area contributed by atoms with Crippen LogP contribution in [0, 0.1) is 5.82 Å². The van der Waals surface area contributed by atoms with Gasteiger partial charge < -0.3 is 15.8 Å². The highest BCUT2D eigenvalue weighted by atomic mass is 32.1. The minimum atomic E-state index is -0.514. The van der Waals surface area contributed by atoms with Crippen LogP contribution in [0.25, 0.3) is 0 Å². The molecule has 0 fully saturated rings. The van der Waals surface area contributed by atoms with Crippen LogP contribution in [0.4, 0.5) is 10.1 Å². The lowest BCUT2D eigenvalue weighted by molar-refractivity contribution is -0.140. The molecule has 0 saturated carbocycles. The van der Waals surface area contributed by atoms with Crippen molar-refractivity contribution < 1.29 is 13.9 Å². The average molecular weight is 256 g/mol. The summed E-state index contributed by atoms with van der Waals surface area (Å²) in [5.74, 6) is -0.954. The van der Waals surface area contributed by atoms with Crippen LogP contribution < -0.4 is 11.1 Å². The van der Waals surface area contributed by atoms with Gasteiger partial charge in [0.05, 0.1) is 12.3 Å². The monoisotopic (exact) mass is 256 g/mol. The van der Waals surface area contributed by atoms with Crippen molar-refractivity contribution in [3.05, 3.63) is 29.6 Å². The second-order valence-electron chi connectivity index (χ2n) is 3.22. The molecule has 0 amide bonds. The van der Waals surface area contributed by atoms with E-state index in [2.05, 4.69) is 5.32 Å². The Balaban J connectivity index is 2.66. The molecule has 3 N–H and O–H groups in total. The van der Waals surface area contributed by atoms with Gasteiger partial charge in [0.2, 0.25) is 0 Å². The molecular weight excluding hydrogens is 243 g/mol. The van der Waals surface area contributed by atoms with Gasteiger partial charge >= 0.3 is 5.97 Å². The third kappa shape index (κ3) is 3.99. The van der Waals surface area contributed by atoms with Crippen molar-refractivity contribution in [2.24, 2.45) is 5.73 Å². The predicted octanol–water partition coefficient (Wildman–Crippen LogP) is 1.43. The molecule has 0 saturated heterocycles. The molecule has 0 heterocycles. The summed E-state index contributed by atoms with van der Waals surface area (Å²) in [6, 6.07) is 4.28. The van der Waals surface area contributed by atoms with Gasteiger partial charge in [0.1, 0.15) is 17.4 Å². The van der Waals surface area contributed by atoms with E-state index in [1.165, 1.54) is 12.1 Å². The summed E-state index contributed by atoms with van der Waals surface area (Å²) in [6.07, 6.45) is 0. The molecule has 0 spiro atoms. The summed E-state index contributed by atoms with van der Waals surface area (Å²) in [5, 5.41) is 2.63. The summed E-state index contributed by atoms with van der Waals surface area (Å²) in [6.45, 7) is 1.91. The largest absolute Gasteiger partial charge is 0.465 e. The Morgan fingerprint density at radius 2 is 2.29 bits per heavy atom. The predicted molar refractivity (Wildman–Crippen MR) is 67.4 cm³/mol. The topological polar surface area (TPSA) is 64.3 Å². The first kappa shape index (κ1) is 13.4. The molecule has 6 heteroatoms. The quantitative estimate of drug-likeness (QED) is 0.616. The molecule has 0 unspecified atom stereocenters. The fourth-order valence-electron chi connectivity index (χ4n) is 1.19. The molecule has 0 atom stereocenters. The zero-order valence-electron chi connectivity index (χ0n) is 9.33. The molecule has 92 valence electrons. The number of nitrogens with two attached hydrogens (primary N) is 1. The fourth-order valence-corrected chi connectivity index (χ4v) is 1.32. The third-order valence-corrected chi connectivity index (χ3v) is 2.22. The maximum absolute atomic E-state index is 13.5. The number of nitrogens with one attached hydrogen (secondary N) is 1. The van der Waals surface area contributed by atoms with E-state index >= 15 is 0 Å². The fraction of sp³-hybridized carbons (Fsp3) is 0.273. The van der Waals surface area contributed by atoms with Crippen molar-refractivity contribution in [1.82, 2.24) is 0 Å². The number of hydrogen-bond acceptors (Lipinski definition) is 4. The second-order valence-corrected chi connectivity index (χ2v) is 3.66. The highest BCUT2D eigenvalue weighted by Crippen LogP contribution is 2.15. The van der Waals surface area contributed by atoms with E-state index in [9.17, 15) is 9.18 Å². The first-order valence-electron chi connectivity index (χ1n) is 5.03. The number of rotatable bonds is 5. The van der Waals surface area contributed by atoms with Crippen LogP contribution in [0.2, 0.25) is 0 Å². The van der Waals surface area contributed by atoms with E-state index < -0.39 is 11.8 Å². The van der Waals surface area contributed by atoms with Gasteiger partial charge in [0.15, 0.2) is 0 Å². The molecule has 1 aromatic carbocycles. The standard InChI is InChI=1S/C11H13FN2O2S/c1-2-16-10(15)6-14-9-4-3-7(11(13)17)5-8(9)12/h3-5,14H,2,6H2,1H3,(H2,13,17). The summed E-state index contributed by atoms with van der Waals surface area (Å²) < 4.78 is 18.2. The lowest BCUT2D eigenvalue weighted by Crippen LogP contribution is -2.17. The first-order valence-corrected chi connectivity index (χ1v) is 5.44. The lowest BCUT2D eigenvalue weighted by Gasteiger charge is -2.08. The number of ether oxygens (including phenoxy) is 1. The molecule has 4 nitrogen and oxygen atoms in total. The van der Waals surface area contributed by atoms with Crippen LogP contribution >= 0.6 is 12.2 Å². The number of halogens is 1. The summed E-state index contributed by atoms with van der Waals surface area (Å²) >= 11 is 4.72. The third-order valence-electron chi connectivity index (χ3n) is 1.98. The maximum Gasteiger partial charge on any atom is 0.325 e. The maximum atomic E-state index is 13.5. The minimum absolute atomic E-state index is 0.0861. The van der Waals surface area contributed by atoms with Gasteiger partial charge in [-0.2, -0.15) is 0 Å². The molecule has 0 aliphatic heterocycles. The number of thiocarbonyl (C=S) groups is 1. The molecule has 0 aliphatic carbocycles. The molecule has 1 rings (SSSR count). The Morgan fingerprint density at radius 3 is 2.82 bits per heavy atom. The van der Waals surface area contributed by atoms with Crippen molar-refractivity contribution in [1.29, 1.82) is 0 Å². The van der Waals surface area contributed by atoms with Gasteiger partial charge in [-0.15, -0.1) is 0 Å². The molecular formula is C11H13FN2O2S. The zero-order valence-corrected chi connectivity index (χ0v) is 10.1. The van der Waals surface area contributed by atoms with E-state index in [0.29, 0.717) is 12.2 Å². The van der Waals surface area contributed by atoms with Crippen molar-refractivity contribution in [3.8, 4) is 0 Å². The first-order chi connectivity index (χ1) is 8.04. The molecule has 0 aliphatic rings. The number of esters is 1.